The van der Waals surface area contributed by atoms with Crippen molar-refractivity contribution in [1.82, 2.24) is 14.9 Å². The number of carbonyl (C=O) groups excluding carboxylic acids is 1. The lowest BCUT2D eigenvalue weighted by Gasteiger charge is -2.26. The maximum absolute atomic E-state index is 12.3. The number of aryl methyl sites for hydroxylation is 1. The minimum absolute atomic E-state index is 0.0687. The summed E-state index contributed by atoms with van der Waals surface area (Å²) in [5, 5.41) is 1.04. The zero-order valence-corrected chi connectivity index (χ0v) is 14.9. The Hall–Kier alpha value is -1.69. The van der Waals surface area contributed by atoms with Crippen molar-refractivity contribution < 1.29 is 9.53 Å². The number of rotatable bonds is 3. The Morgan fingerprint density at radius 2 is 2.17 bits per heavy atom. The predicted octanol–water partition coefficient (Wildman–Crippen LogP) is 3.21. The molecule has 0 N–H and O–H groups in total. The summed E-state index contributed by atoms with van der Waals surface area (Å²) in [6.07, 6.45) is 8.33. The molecule has 0 radical (unpaired) electrons. The lowest BCUT2D eigenvalue weighted by Crippen LogP contribution is -2.38. The molecule has 1 unspecified atom stereocenters. The van der Waals surface area contributed by atoms with E-state index in [2.05, 4.69) is 16.9 Å². The molecular weight excluding hydrogens is 322 g/mol. The zero-order valence-electron chi connectivity index (χ0n) is 14.1. The maximum Gasteiger partial charge on any atom is 0.260 e. The van der Waals surface area contributed by atoms with E-state index in [4.69, 9.17) is 4.74 Å². The third kappa shape index (κ3) is 2.99. The van der Waals surface area contributed by atoms with E-state index in [1.807, 2.05) is 4.90 Å². The van der Waals surface area contributed by atoms with Gasteiger partial charge in [0.2, 0.25) is 5.88 Å². The van der Waals surface area contributed by atoms with Crippen LogP contribution in [0.4, 0.5) is 0 Å². The fourth-order valence-electron chi connectivity index (χ4n) is 3.72. The largest absolute Gasteiger partial charge is 0.467 e. The number of nitrogens with zero attached hydrogens (tertiary/aromatic N) is 3. The van der Waals surface area contributed by atoms with E-state index in [1.54, 1.807) is 17.7 Å². The fraction of sp³-hybridized carbons (Fsp3) is 0.611. The molecule has 0 aromatic carbocycles. The third-order valence-electron chi connectivity index (χ3n) is 5.10. The quantitative estimate of drug-likeness (QED) is 0.857. The van der Waals surface area contributed by atoms with Crippen molar-refractivity contribution in [3.8, 4) is 5.88 Å². The molecule has 2 aliphatic rings. The summed E-state index contributed by atoms with van der Waals surface area (Å²) in [4.78, 5) is 25.4. The van der Waals surface area contributed by atoms with Crippen molar-refractivity contribution in [2.75, 3.05) is 19.7 Å². The van der Waals surface area contributed by atoms with Gasteiger partial charge in [0.1, 0.15) is 11.2 Å². The van der Waals surface area contributed by atoms with Gasteiger partial charge in [-0.25, -0.2) is 9.97 Å². The van der Waals surface area contributed by atoms with E-state index in [0.29, 0.717) is 5.88 Å². The molecule has 4 rings (SSSR count). The normalized spacial score (nSPS) is 20.9. The topological polar surface area (TPSA) is 55.3 Å². The Kier molecular flexibility index (Phi) is 4.39. The van der Waals surface area contributed by atoms with Crippen LogP contribution in [0.1, 0.15) is 43.0 Å². The van der Waals surface area contributed by atoms with Gasteiger partial charge in [0, 0.05) is 18.0 Å². The molecule has 5 nitrogen and oxygen atoms in total. The van der Waals surface area contributed by atoms with E-state index in [9.17, 15) is 4.79 Å². The average Bonchev–Trinajstić information content (AvgIpc) is 2.98. The second kappa shape index (κ2) is 6.67. The molecule has 2 aromatic heterocycles. The van der Waals surface area contributed by atoms with Crippen molar-refractivity contribution in [3.05, 3.63) is 16.8 Å². The molecular formula is C18H23N3O2S. The highest BCUT2D eigenvalue weighted by Gasteiger charge is 2.24. The van der Waals surface area contributed by atoms with Gasteiger partial charge in [-0.3, -0.25) is 4.79 Å². The van der Waals surface area contributed by atoms with Gasteiger partial charge < -0.3 is 9.64 Å². The molecule has 6 heteroatoms. The highest BCUT2D eigenvalue weighted by molar-refractivity contribution is 7.18. The minimum Gasteiger partial charge on any atom is -0.467 e. The summed E-state index contributed by atoms with van der Waals surface area (Å²) in [5.41, 5.74) is 1.34. The number of thiophene rings is 1. The fourth-order valence-corrected chi connectivity index (χ4v) is 5.06. The number of amides is 1. The van der Waals surface area contributed by atoms with E-state index in [1.165, 1.54) is 23.3 Å². The lowest BCUT2D eigenvalue weighted by atomic mass is 9.89. The van der Waals surface area contributed by atoms with Crippen LogP contribution >= 0.6 is 11.3 Å². The van der Waals surface area contributed by atoms with Gasteiger partial charge in [-0.05, 0) is 50.0 Å². The van der Waals surface area contributed by atoms with Crippen LogP contribution in [-0.2, 0) is 17.6 Å². The van der Waals surface area contributed by atoms with Crippen LogP contribution in [0.15, 0.2) is 6.33 Å². The van der Waals surface area contributed by atoms with Crippen LogP contribution in [-0.4, -0.2) is 40.5 Å². The summed E-state index contributed by atoms with van der Waals surface area (Å²) >= 11 is 1.75. The number of hydrogen-bond acceptors (Lipinski definition) is 5. The van der Waals surface area contributed by atoms with Crippen LogP contribution in [0.25, 0.3) is 10.2 Å². The molecule has 1 aliphatic carbocycles. The number of hydrogen-bond donors (Lipinski definition) is 0. The highest BCUT2D eigenvalue weighted by Crippen LogP contribution is 2.40. The number of piperidine rings is 1. The monoisotopic (exact) mass is 345 g/mol. The van der Waals surface area contributed by atoms with Gasteiger partial charge in [0.15, 0.2) is 6.61 Å². The summed E-state index contributed by atoms with van der Waals surface area (Å²) in [6, 6.07) is 0. The second-order valence-electron chi connectivity index (χ2n) is 6.94. The molecule has 1 amide bonds. The lowest BCUT2D eigenvalue weighted by molar-refractivity contribution is -0.134. The molecule has 0 saturated carbocycles. The first kappa shape index (κ1) is 15.8. The Bertz CT molecular complexity index is 752. The van der Waals surface area contributed by atoms with Gasteiger partial charge in [-0.1, -0.05) is 6.92 Å². The number of aromatic nitrogens is 2. The number of likely N-dealkylation sites (tertiary alicyclic amines) is 1. The highest BCUT2D eigenvalue weighted by atomic mass is 32.1. The van der Waals surface area contributed by atoms with Crippen LogP contribution in [0, 0.1) is 5.92 Å². The zero-order chi connectivity index (χ0) is 16.5. The minimum atomic E-state index is 0.0687. The number of ether oxygens (including phenoxy) is 1. The molecule has 2 aromatic rings. The van der Waals surface area contributed by atoms with Crippen molar-refractivity contribution in [1.29, 1.82) is 0 Å². The third-order valence-corrected chi connectivity index (χ3v) is 6.26. The van der Waals surface area contributed by atoms with Crippen LogP contribution in [0.3, 0.4) is 0 Å². The molecule has 128 valence electrons. The second-order valence-corrected chi connectivity index (χ2v) is 8.02. The molecule has 1 aliphatic heterocycles. The summed E-state index contributed by atoms with van der Waals surface area (Å²) < 4.78 is 5.85. The van der Waals surface area contributed by atoms with Crippen molar-refractivity contribution in [2.45, 2.75) is 45.4 Å². The Morgan fingerprint density at radius 3 is 3.00 bits per heavy atom. The van der Waals surface area contributed by atoms with Gasteiger partial charge in [0.05, 0.1) is 5.39 Å². The molecule has 1 saturated heterocycles. The molecule has 24 heavy (non-hydrogen) atoms. The number of carbonyl (C=O) groups is 1. The van der Waals surface area contributed by atoms with Crippen LogP contribution in [0.5, 0.6) is 5.88 Å². The van der Waals surface area contributed by atoms with Crippen molar-refractivity contribution >= 4 is 27.5 Å². The van der Waals surface area contributed by atoms with Gasteiger partial charge >= 0.3 is 0 Å². The summed E-state index contributed by atoms with van der Waals surface area (Å²) in [7, 11) is 0. The first-order chi connectivity index (χ1) is 11.7. The predicted molar refractivity (Wildman–Crippen MR) is 94.5 cm³/mol. The Labute approximate surface area is 146 Å². The summed E-state index contributed by atoms with van der Waals surface area (Å²) in [6.45, 7) is 4.08. The van der Waals surface area contributed by atoms with E-state index >= 15 is 0 Å². The van der Waals surface area contributed by atoms with Crippen LogP contribution < -0.4 is 4.74 Å². The van der Waals surface area contributed by atoms with E-state index < -0.39 is 0 Å². The standard InChI is InChI=1S/C18H23N3O2S/c1-12-5-6-13-14(9-12)24-18-16(13)17(19-11-20-18)23-10-15(22)21-7-3-2-4-8-21/h11-12H,2-10H2,1H3. The molecule has 0 bridgehead atoms. The molecule has 1 atom stereocenters. The van der Waals surface area contributed by atoms with E-state index in [-0.39, 0.29) is 12.5 Å². The average molecular weight is 345 g/mol. The van der Waals surface area contributed by atoms with Crippen molar-refractivity contribution in [3.63, 3.8) is 0 Å². The van der Waals surface area contributed by atoms with Gasteiger partial charge in [0.25, 0.3) is 5.91 Å². The molecule has 0 spiro atoms. The Morgan fingerprint density at radius 1 is 1.33 bits per heavy atom. The smallest absolute Gasteiger partial charge is 0.260 e. The SMILES string of the molecule is CC1CCc2c(sc3ncnc(OCC(=O)N4CCCCC4)c23)C1. The van der Waals surface area contributed by atoms with Gasteiger partial charge in [-0.15, -0.1) is 11.3 Å². The van der Waals surface area contributed by atoms with E-state index in [0.717, 1.165) is 54.9 Å². The van der Waals surface area contributed by atoms with Gasteiger partial charge in [-0.2, -0.15) is 0 Å². The maximum atomic E-state index is 12.3. The Balaban J connectivity index is 1.55. The summed E-state index contributed by atoms with van der Waals surface area (Å²) in [5.74, 6) is 1.38. The first-order valence-electron chi connectivity index (χ1n) is 8.88. The number of fused-ring (bicyclic) bond motifs is 3. The van der Waals surface area contributed by atoms with Crippen LogP contribution in [0.2, 0.25) is 0 Å². The molecule has 3 heterocycles. The van der Waals surface area contributed by atoms with Crippen molar-refractivity contribution in [2.24, 2.45) is 5.92 Å². The first-order valence-corrected chi connectivity index (χ1v) is 9.70. The molecule has 1 fully saturated rings.